The van der Waals surface area contributed by atoms with Gasteiger partial charge in [-0.1, -0.05) is 57.5 Å². The molecule has 1 nitrogen and oxygen atoms in total. The van der Waals surface area contributed by atoms with Gasteiger partial charge < -0.3 is 0 Å². The zero-order valence-corrected chi connectivity index (χ0v) is 12.5. The highest BCUT2D eigenvalue weighted by Crippen LogP contribution is 2.45. The zero-order chi connectivity index (χ0) is 13.9. The summed E-state index contributed by atoms with van der Waals surface area (Å²) in [6.07, 6.45) is 5.18. The van der Waals surface area contributed by atoms with Crippen molar-refractivity contribution in [2.75, 3.05) is 0 Å². The molecule has 104 valence electrons. The molecule has 1 aliphatic rings. The van der Waals surface area contributed by atoms with Gasteiger partial charge in [0.05, 0.1) is 5.41 Å². The lowest BCUT2D eigenvalue weighted by molar-refractivity contribution is -0.128. The Labute approximate surface area is 117 Å². The van der Waals surface area contributed by atoms with E-state index in [9.17, 15) is 4.79 Å². The number of carbonyl (C=O) groups is 1. The van der Waals surface area contributed by atoms with Crippen molar-refractivity contribution >= 4 is 5.78 Å². The second kappa shape index (κ2) is 5.90. The Balaban J connectivity index is 2.08. The largest absolute Gasteiger partial charge is 0.299 e. The van der Waals surface area contributed by atoms with E-state index in [0.717, 1.165) is 25.7 Å². The van der Waals surface area contributed by atoms with Crippen LogP contribution in [0.5, 0.6) is 0 Å². The fraction of sp³-hybridized carbons (Fsp3) is 0.611. The summed E-state index contributed by atoms with van der Waals surface area (Å²) in [5.41, 5.74) is 1.09. The van der Waals surface area contributed by atoms with E-state index in [2.05, 4.69) is 45.0 Å². The molecular weight excluding hydrogens is 232 g/mol. The zero-order valence-electron chi connectivity index (χ0n) is 12.5. The van der Waals surface area contributed by atoms with E-state index in [4.69, 9.17) is 0 Å². The van der Waals surface area contributed by atoms with Gasteiger partial charge in [0.1, 0.15) is 5.78 Å². The van der Waals surface area contributed by atoms with Gasteiger partial charge in [0, 0.05) is 6.42 Å². The molecule has 1 aromatic rings. The molecular formula is C18H26O. The van der Waals surface area contributed by atoms with Gasteiger partial charge in [-0.2, -0.15) is 0 Å². The highest BCUT2D eigenvalue weighted by molar-refractivity contribution is 5.91. The van der Waals surface area contributed by atoms with Crippen LogP contribution in [0.3, 0.4) is 0 Å². The maximum Gasteiger partial charge on any atom is 0.143 e. The van der Waals surface area contributed by atoms with Crippen molar-refractivity contribution in [2.24, 2.45) is 11.8 Å². The van der Waals surface area contributed by atoms with E-state index in [1.54, 1.807) is 0 Å². The van der Waals surface area contributed by atoms with E-state index < -0.39 is 0 Å². The molecule has 1 heteroatoms. The molecule has 0 aliphatic heterocycles. The minimum atomic E-state index is -0.146. The molecule has 0 amide bonds. The third-order valence-electron chi connectivity index (χ3n) is 4.47. The van der Waals surface area contributed by atoms with E-state index >= 15 is 0 Å². The first-order valence-corrected chi connectivity index (χ1v) is 7.63. The molecule has 1 saturated carbocycles. The molecule has 19 heavy (non-hydrogen) atoms. The standard InChI is InChI=1S/C18H26O/c1-14(2)12-15(3)13-17(19)18(10-7-11-18)16-8-5-4-6-9-16/h4-6,8-9,14-15H,7,10-13H2,1-3H3. The fourth-order valence-electron chi connectivity index (χ4n) is 3.42. The van der Waals surface area contributed by atoms with Gasteiger partial charge in [0.15, 0.2) is 0 Å². The molecule has 0 bridgehead atoms. The number of hydrogen-bond donors (Lipinski definition) is 0. The second-order valence-corrected chi connectivity index (χ2v) is 6.66. The van der Waals surface area contributed by atoms with Crippen LogP contribution in [-0.2, 0) is 10.2 Å². The molecule has 1 aliphatic carbocycles. The van der Waals surface area contributed by atoms with Crippen LogP contribution in [0.25, 0.3) is 0 Å². The average molecular weight is 258 g/mol. The summed E-state index contributed by atoms with van der Waals surface area (Å²) in [4.78, 5) is 12.7. The molecule has 1 unspecified atom stereocenters. The predicted molar refractivity (Wildman–Crippen MR) is 80.2 cm³/mol. The van der Waals surface area contributed by atoms with E-state index in [-0.39, 0.29) is 5.41 Å². The number of Topliss-reactive ketones (excluding diaryl/α,β-unsaturated/α-hetero) is 1. The summed E-state index contributed by atoms with van der Waals surface area (Å²) in [6.45, 7) is 6.68. The lowest BCUT2D eigenvalue weighted by Crippen LogP contribution is -2.43. The summed E-state index contributed by atoms with van der Waals surface area (Å²) in [5, 5.41) is 0. The third-order valence-corrected chi connectivity index (χ3v) is 4.47. The number of hydrogen-bond acceptors (Lipinski definition) is 1. The quantitative estimate of drug-likeness (QED) is 0.719. The Morgan fingerprint density at radius 3 is 2.26 bits per heavy atom. The van der Waals surface area contributed by atoms with Crippen molar-refractivity contribution < 1.29 is 4.79 Å². The summed E-state index contributed by atoms with van der Waals surface area (Å²) >= 11 is 0. The number of benzene rings is 1. The highest BCUT2D eigenvalue weighted by atomic mass is 16.1. The normalized spacial score (nSPS) is 18.9. The van der Waals surface area contributed by atoms with Gasteiger partial charge in [-0.3, -0.25) is 4.79 Å². The van der Waals surface area contributed by atoms with Crippen LogP contribution < -0.4 is 0 Å². The Hall–Kier alpha value is -1.11. The van der Waals surface area contributed by atoms with Crippen molar-refractivity contribution in [3.05, 3.63) is 35.9 Å². The average Bonchev–Trinajstić information content (AvgIpc) is 2.27. The molecule has 2 rings (SSSR count). The van der Waals surface area contributed by atoms with Crippen molar-refractivity contribution in [2.45, 2.75) is 58.3 Å². The molecule has 0 aromatic heterocycles. The van der Waals surface area contributed by atoms with Gasteiger partial charge in [-0.25, -0.2) is 0 Å². The van der Waals surface area contributed by atoms with Crippen LogP contribution in [-0.4, -0.2) is 5.78 Å². The summed E-state index contributed by atoms with van der Waals surface area (Å²) in [5.74, 6) is 1.66. The topological polar surface area (TPSA) is 17.1 Å². The minimum Gasteiger partial charge on any atom is -0.299 e. The third kappa shape index (κ3) is 3.08. The summed E-state index contributed by atoms with van der Waals surface area (Å²) in [7, 11) is 0. The van der Waals surface area contributed by atoms with E-state index in [1.807, 2.05) is 6.07 Å². The molecule has 1 aromatic carbocycles. The lowest BCUT2D eigenvalue weighted by Gasteiger charge is -2.41. The SMILES string of the molecule is CC(C)CC(C)CC(=O)C1(c2ccccc2)CCC1. The Morgan fingerprint density at radius 2 is 1.79 bits per heavy atom. The monoisotopic (exact) mass is 258 g/mol. The molecule has 0 radical (unpaired) electrons. The number of ketones is 1. The maximum absolute atomic E-state index is 12.7. The van der Waals surface area contributed by atoms with Crippen molar-refractivity contribution in [1.29, 1.82) is 0 Å². The molecule has 0 saturated heterocycles. The van der Waals surface area contributed by atoms with Crippen LogP contribution in [0, 0.1) is 11.8 Å². The summed E-state index contributed by atoms with van der Waals surface area (Å²) < 4.78 is 0. The Bertz CT molecular complexity index is 415. The smallest absolute Gasteiger partial charge is 0.143 e. The fourth-order valence-corrected chi connectivity index (χ4v) is 3.42. The number of rotatable bonds is 6. The van der Waals surface area contributed by atoms with Crippen LogP contribution in [0.2, 0.25) is 0 Å². The predicted octanol–water partition coefficient (Wildman–Crippen LogP) is 4.75. The van der Waals surface area contributed by atoms with Crippen molar-refractivity contribution in [3.8, 4) is 0 Å². The second-order valence-electron chi connectivity index (χ2n) is 6.66. The highest BCUT2D eigenvalue weighted by Gasteiger charge is 2.44. The molecule has 1 fully saturated rings. The van der Waals surface area contributed by atoms with Gasteiger partial charge in [-0.15, -0.1) is 0 Å². The van der Waals surface area contributed by atoms with Crippen LogP contribution in [0.15, 0.2) is 30.3 Å². The van der Waals surface area contributed by atoms with E-state index in [1.165, 1.54) is 12.0 Å². The van der Waals surface area contributed by atoms with Gasteiger partial charge in [0.25, 0.3) is 0 Å². The minimum absolute atomic E-state index is 0.146. The molecule has 0 heterocycles. The van der Waals surface area contributed by atoms with Gasteiger partial charge in [0.2, 0.25) is 0 Å². The lowest BCUT2D eigenvalue weighted by atomic mass is 9.60. The first-order valence-electron chi connectivity index (χ1n) is 7.63. The first-order chi connectivity index (χ1) is 9.04. The molecule has 0 N–H and O–H groups in total. The Morgan fingerprint density at radius 1 is 1.16 bits per heavy atom. The number of carbonyl (C=O) groups excluding carboxylic acids is 1. The first kappa shape index (κ1) is 14.3. The Kier molecular flexibility index (Phi) is 4.44. The maximum atomic E-state index is 12.7. The van der Waals surface area contributed by atoms with Crippen LogP contribution in [0.4, 0.5) is 0 Å². The molecule has 1 atom stereocenters. The van der Waals surface area contributed by atoms with Crippen molar-refractivity contribution in [1.82, 2.24) is 0 Å². The van der Waals surface area contributed by atoms with Crippen LogP contribution >= 0.6 is 0 Å². The van der Waals surface area contributed by atoms with Crippen molar-refractivity contribution in [3.63, 3.8) is 0 Å². The van der Waals surface area contributed by atoms with Gasteiger partial charge >= 0.3 is 0 Å². The molecule has 0 spiro atoms. The van der Waals surface area contributed by atoms with E-state index in [0.29, 0.717) is 17.6 Å². The van der Waals surface area contributed by atoms with Gasteiger partial charge in [-0.05, 0) is 36.7 Å². The van der Waals surface area contributed by atoms with Crippen LogP contribution in [0.1, 0.15) is 58.4 Å². The summed E-state index contributed by atoms with van der Waals surface area (Å²) in [6, 6.07) is 10.4.